The number of rotatable bonds is 3. The van der Waals surface area contributed by atoms with Crippen LogP contribution >= 0.6 is 11.8 Å². The second-order valence-electron chi connectivity index (χ2n) is 3.78. The van der Waals surface area contributed by atoms with Crippen LogP contribution in [0, 0.1) is 0 Å². The molecule has 15 heavy (non-hydrogen) atoms. The summed E-state index contributed by atoms with van der Waals surface area (Å²) < 4.78 is 5.42. The van der Waals surface area contributed by atoms with Gasteiger partial charge < -0.3 is 4.74 Å². The Labute approximate surface area is 95.4 Å². The molecule has 1 fully saturated rings. The Morgan fingerprint density at radius 1 is 1.40 bits per heavy atom. The molecule has 1 N–H and O–H groups in total. The Morgan fingerprint density at radius 3 is 2.67 bits per heavy atom. The summed E-state index contributed by atoms with van der Waals surface area (Å²) in [6.45, 7) is 4.96. The minimum atomic E-state index is 0.454. The molecule has 1 aliphatic heterocycles. The summed E-state index contributed by atoms with van der Waals surface area (Å²) in [6, 6.07) is 9.00. The summed E-state index contributed by atoms with van der Waals surface area (Å²) in [4.78, 5) is 0. The van der Waals surface area contributed by atoms with Gasteiger partial charge >= 0.3 is 0 Å². The molecule has 2 unspecified atom stereocenters. The number of thioether (sulfide) groups is 1. The number of benzene rings is 1. The average Bonchev–Trinajstić information content (AvgIpc) is 2.67. The normalized spacial score (nSPS) is 25.5. The monoisotopic (exact) mass is 223 g/mol. The maximum atomic E-state index is 5.42. The van der Waals surface area contributed by atoms with Crippen molar-refractivity contribution in [1.82, 2.24) is 5.32 Å². The van der Waals surface area contributed by atoms with Crippen LogP contribution in [0.15, 0.2) is 24.3 Å². The van der Waals surface area contributed by atoms with Gasteiger partial charge in [-0.2, -0.15) is 0 Å². The van der Waals surface area contributed by atoms with Gasteiger partial charge in [-0.05, 0) is 31.5 Å². The van der Waals surface area contributed by atoms with Crippen molar-refractivity contribution in [3.05, 3.63) is 29.8 Å². The lowest BCUT2D eigenvalue weighted by Crippen LogP contribution is -2.21. The summed E-state index contributed by atoms with van der Waals surface area (Å²) in [7, 11) is 0. The molecule has 3 heteroatoms. The molecular weight excluding hydrogens is 206 g/mol. The molecule has 0 aromatic heterocycles. The zero-order valence-electron chi connectivity index (χ0n) is 9.19. The first-order valence-corrected chi connectivity index (χ1v) is 6.45. The fourth-order valence-electron chi connectivity index (χ4n) is 1.69. The van der Waals surface area contributed by atoms with Crippen molar-refractivity contribution in [2.24, 2.45) is 0 Å². The molecular formula is C12H17NOS. The Bertz CT molecular complexity index is 312. The van der Waals surface area contributed by atoms with Crippen LogP contribution in [0.1, 0.15) is 24.8 Å². The van der Waals surface area contributed by atoms with Crippen molar-refractivity contribution in [3.8, 4) is 5.75 Å². The quantitative estimate of drug-likeness (QED) is 0.851. The van der Waals surface area contributed by atoms with Crippen molar-refractivity contribution in [2.45, 2.75) is 25.3 Å². The van der Waals surface area contributed by atoms with E-state index in [0.717, 1.165) is 12.4 Å². The van der Waals surface area contributed by atoms with Crippen LogP contribution in [0.3, 0.4) is 0 Å². The smallest absolute Gasteiger partial charge is 0.119 e. The Hall–Kier alpha value is -0.670. The van der Waals surface area contributed by atoms with E-state index in [-0.39, 0.29) is 0 Å². The van der Waals surface area contributed by atoms with Crippen molar-refractivity contribution >= 4 is 11.8 Å². The molecule has 1 aliphatic rings. The molecule has 0 aliphatic carbocycles. The van der Waals surface area contributed by atoms with Gasteiger partial charge in [0.25, 0.3) is 0 Å². The third kappa shape index (κ3) is 2.67. The molecule has 2 nitrogen and oxygen atoms in total. The standard InChI is InChI=1S/C12H17NOS/c1-3-14-11-6-4-10(5-7-11)12-13-9(2)8-15-12/h4-7,9,12-13H,3,8H2,1-2H3. The lowest BCUT2D eigenvalue weighted by molar-refractivity contribution is 0.340. The summed E-state index contributed by atoms with van der Waals surface area (Å²) in [5, 5.41) is 4.00. The highest BCUT2D eigenvalue weighted by molar-refractivity contribution is 7.99. The molecule has 1 heterocycles. The van der Waals surface area contributed by atoms with Crippen molar-refractivity contribution < 1.29 is 4.74 Å². The SMILES string of the molecule is CCOc1ccc(C2NC(C)CS2)cc1. The van der Waals surface area contributed by atoms with Gasteiger partial charge in [0, 0.05) is 11.8 Å². The number of ether oxygens (including phenoxy) is 1. The van der Waals surface area contributed by atoms with E-state index in [9.17, 15) is 0 Å². The van der Waals surface area contributed by atoms with Gasteiger partial charge in [0.1, 0.15) is 5.75 Å². The van der Waals surface area contributed by atoms with E-state index in [1.54, 1.807) is 0 Å². The van der Waals surface area contributed by atoms with Crippen LogP contribution in [0.5, 0.6) is 5.75 Å². The molecule has 1 aromatic carbocycles. The highest BCUT2D eigenvalue weighted by Crippen LogP contribution is 2.33. The van der Waals surface area contributed by atoms with Crippen LogP contribution in [0.2, 0.25) is 0 Å². The van der Waals surface area contributed by atoms with Crippen molar-refractivity contribution in [3.63, 3.8) is 0 Å². The lowest BCUT2D eigenvalue weighted by Gasteiger charge is -2.11. The van der Waals surface area contributed by atoms with Crippen molar-refractivity contribution in [2.75, 3.05) is 12.4 Å². The fourth-order valence-corrected chi connectivity index (χ4v) is 2.95. The molecule has 2 atom stereocenters. The van der Waals surface area contributed by atoms with Crippen LogP contribution in [0.25, 0.3) is 0 Å². The van der Waals surface area contributed by atoms with E-state index in [1.807, 2.05) is 30.8 Å². The van der Waals surface area contributed by atoms with Gasteiger partial charge in [0.2, 0.25) is 0 Å². The highest BCUT2D eigenvalue weighted by atomic mass is 32.2. The largest absolute Gasteiger partial charge is 0.494 e. The maximum Gasteiger partial charge on any atom is 0.119 e. The molecule has 1 saturated heterocycles. The first-order valence-electron chi connectivity index (χ1n) is 5.40. The molecule has 0 amide bonds. The Morgan fingerprint density at radius 2 is 2.13 bits per heavy atom. The van der Waals surface area contributed by atoms with Gasteiger partial charge in [0.05, 0.1) is 12.0 Å². The van der Waals surface area contributed by atoms with E-state index in [0.29, 0.717) is 11.4 Å². The molecule has 0 radical (unpaired) electrons. The second-order valence-corrected chi connectivity index (χ2v) is 4.92. The highest BCUT2D eigenvalue weighted by Gasteiger charge is 2.21. The second kappa shape index (κ2) is 4.90. The summed E-state index contributed by atoms with van der Waals surface area (Å²) in [5.74, 6) is 2.15. The van der Waals surface area contributed by atoms with E-state index >= 15 is 0 Å². The van der Waals surface area contributed by atoms with Crippen LogP contribution in [-0.4, -0.2) is 18.4 Å². The summed E-state index contributed by atoms with van der Waals surface area (Å²) >= 11 is 1.97. The average molecular weight is 223 g/mol. The van der Waals surface area contributed by atoms with Gasteiger partial charge in [-0.3, -0.25) is 5.32 Å². The predicted molar refractivity (Wildman–Crippen MR) is 65.4 cm³/mol. The Balaban J connectivity index is 2.03. The van der Waals surface area contributed by atoms with E-state index in [2.05, 4.69) is 24.4 Å². The van der Waals surface area contributed by atoms with Crippen LogP contribution < -0.4 is 10.1 Å². The molecule has 1 aromatic rings. The van der Waals surface area contributed by atoms with Crippen molar-refractivity contribution in [1.29, 1.82) is 0 Å². The molecule has 82 valence electrons. The van der Waals surface area contributed by atoms with E-state index < -0.39 is 0 Å². The number of hydrogen-bond donors (Lipinski definition) is 1. The fraction of sp³-hybridized carbons (Fsp3) is 0.500. The van der Waals surface area contributed by atoms with Crippen LogP contribution in [0.4, 0.5) is 0 Å². The van der Waals surface area contributed by atoms with Gasteiger partial charge in [-0.15, -0.1) is 11.8 Å². The topological polar surface area (TPSA) is 21.3 Å². The van der Waals surface area contributed by atoms with Crippen LogP contribution in [-0.2, 0) is 0 Å². The van der Waals surface area contributed by atoms with Gasteiger partial charge in [0.15, 0.2) is 0 Å². The summed E-state index contributed by atoms with van der Waals surface area (Å²) in [5.41, 5.74) is 1.34. The Kier molecular flexibility index (Phi) is 3.54. The minimum absolute atomic E-state index is 0.454. The minimum Gasteiger partial charge on any atom is -0.494 e. The third-order valence-corrected chi connectivity index (χ3v) is 3.88. The third-order valence-electron chi connectivity index (χ3n) is 2.44. The lowest BCUT2D eigenvalue weighted by atomic mass is 10.2. The van der Waals surface area contributed by atoms with E-state index in [1.165, 1.54) is 11.3 Å². The molecule has 0 bridgehead atoms. The van der Waals surface area contributed by atoms with E-state index in [4.69, 9.17) is 4.74 Å². The molecule has 0 spiro atoms. The maximum absolute atomic E-state index is 5.42. The van der Waals surface area contributed by atoms with Gasteiger partial charge in [-0.1, -0.05) is 12.1 Å². The molecule has 0 saturated carbocycles. The molecule has 2 rings (SSSR count). The number of nitrogens with one attached hydrogen (secondary N) is 1. The first kappa shape index (κ1) is 10.8. The number of hydrogen-bond acceptors (Lipinski definition) is 3. The van der Waals surface area contributed by atoms with Gasteiger partial charge in [-0.25, -0.2) is 0 Å². The zero-order valence-corrected chi connectivity index (χ0v) is 10.0. The summed E-state index contributed by atoms with van der Waals surface area (Å²) in [6.07, 6.45) is 0. The predicted octanol–water partition coefficient (Wildman–Crippen LogP) is 2.81. The first-order chi connectivity index (χ1) is 7.29. The zero-order chi connectivity index (χ0) is 10.7.